The monoisotopic (exact) mass is 557 g/mol. The molecule has 0 fully saturated rings. The second kappa shape index (κ2) is 7.58. The average molecular weight is 555 g/mol. The molecule has 0 N–H and O–H groups in total. The van der Waals surface area contributed by atoms with Gasteiger partial charge in [-0.3, -0.25) is 0 Å². The van der Waals surface area contributed by atoms with E-state index in [0.29, 0.717) is 0 Å². The molecular formula is C30H35Ge2N. The Morgan fingerprint density at radius 2 is 1.55 bits per heavy atom. The van der Waals surface area contributed by atoms with E-state index < -0.39 is 26.5 Å². The predicted molar refractivity (Wildman–Crippen MR) is 151 cm³/mol. The number of benzene rings is 3. The molecule has 1 aliphatic rings. The molecule has 1 aromatic heterocycles. The van der Waals surface area contributed by atoms with Crippen molar-refractivity contribution in [2.45, 2.75) is 55.0 Å². The second-order valence-electron chi connectivity index (χ2n) is 12.2. The molecule has 0 amide bonds. The molecule has 0 atom stereocenters. The summed E-state index contributed by atoms with van der Waals surface area (Å²) in [5, 5.41) is 2.66. The van der Waals surface area contributed by atoms with Gasteiger partial charge in [-0.25, -0.2) is 0 Å². The normalized spacial score (nSPS) is 14.9. The molecule has 0 spiro atoms. The summed E-state index contributed by atoms with van der Waals surface area (Å²) in [7, 11) is 0. The van der Waals surface area contributed by atoms with Gasteiger partial charge < -0.3 is 0 Å². The molecule has 0 radical (unpaired) electrons. The molecule has 4 aromatic rings. The van der Waals surface area contributed by atoms with Gasteiger partial charge in [0, 0.05) is 0 Å². The molecule has 0 aliphatic carbocycles. The van der Waals surface area contributed by atoms with Gasteiger partial charge in [0.15, 0.2) is 0 Å². The minimum absolute atomic E-state index is 0.0708. The number of hydrogen-bond acceptors (Lipinski definition) is 1. The molecular weight excluding hydrogens is 520 g/mol. The Labute approximate surface area is 204 Å². The molecule has 33 heavy (non-hydrogen) atoms. The molecule has 1 nitrogen and oxygen atoms in total. The fourth-order valence-corrected chi connectivity index (χ4v) is 15.6. The van der Waals surface area contributed by atoms with Crippen molar-refractivity contribution in [2.75, 3.05) is 0 Å². The van der Waals surface area contributed by atoms with E-state index in [1.165, 1.54) is 38.7 Å². The molecule has 1 aliphatic heterocycles. The number of nitrogens with zero attached hydrogens (tertiary/aromatic N) is 1. The quantitative estimate of drug-likeness (QED) is 0.256. The summed E-state index contributed by atoms with van der Waals surface area (Å²) in [5.41, 5.74) is 6.85. The van der Waals surface area contributed by atoms with Gasteiger partial charge in [-0.2, -0.15) is 0 Å². The van der Waals surface area contributed by atoms with Gasteiger partial charge in [-0.05, 0) is 0 Å². The molecule has 2 heterocycles. The summed E-state index contributed by atoms with van der Waals surface area (Å²) >= 11 is -4.41. The van der Waals surface area contributed by atoms with E-state index in [-0.39, 0.29) is 5.41 Å². The SMILES string of the molecule is CC(C)(C)c1cc(-c2nccc3[c]2[Ge]([CH3])([CH3])[c]2c[c]([Ge]([CH3])([CH3])[CH3])ccc2-3)cc2ccccc12. The number of aromatic nitrogens is 1. The van der Waals surface area contributed by atoms with E-state index >= 15 is 0 Å². The van der Waals surface area contributed by atoms with Crippen molar-refractivity contribution >= 4 is 50.5 Å². The van der Waals surface area contributed by atoms with Crippen LogP contribution in [0.25, 0.3) is 33.2 Å². The second-order valence-corrected chi connectivity index (χ2v) is 31.9. The average Bonchev–Trinajstić information content (AvgIpc) is 2.98. The van der Waals surface area contributed by atoms with Crippen LogP contribution in [-0.2, 0) is 5.41 Å². The molecule has 0 bridgehead atoms. The standard InChI is InChI=1S/C30H35Ge2N/c1-30(2,3)26-18-21(17-20-11-9-10-12-23(20)26)29-28-25(15-16-33-29)24-14-13-22(31(4,5)6)19-27(24)32(28,7)8/h9-19H,1-8H3. The van der Waals surface area contributed by atoms with Crippen LogP contribution < -0.4 is 13.2 Å². The van der Waals surface area contributed by atoms with Gasteiger partial charge in [0.2, 0.25) is 0 Å². The van der Waals surface area contributed by atoms with Crippen LogP contribution >= 0.6 is 0 Å². The van der Waals surface area contributed by atoms with Gasteiger partial charge in [-0.1, -0.05) is 0 Å². The predicted octanol–water partition coefficient (Wildman–Crippen LogP) is 6.55. The van der Waals surface area contributed by atoms with Crippen LogP contribution in [0.5, 0.6) is 0 Å². The van der Waals surface area contributed by atoms with E-state index in [1.54, 1.807) is 13.2 Å². The molecule has 0 saturated carbocycles. The van der Waals surface area contributed by atoms with Gasteiger partial charge in [0.1, 0.15) is 0 Å². The van der Waals surface area contributed by atoms with Crippen LogP contribution in [0.3, 0.4) is 0 Å². The first-order chi connectivity index (χ1) is 15.4. The fraction of sp³-hybridized carbons (Fsp3) is 0.300. The van der Waals surface area contributed by atoms with Crippen molar-refractivity contribution < 1.29 is 0 Å². The van der Waals surface area contributed by atoms with Crippen LogP contribution in [0.4, 0.5) is 0 Å². The van der Waals surface area contributed by atoms with E-state index in [1.807, 2.05) is 6.20 Å². The Hall–Kier alpha value is -1.84. The Balaban J connectivity index is 1.78. The first-order valence-electron chi connectivity index (χ1n) is 12.1. The molecule has 168 valence electrons. The van der Waals surface area contributed by atoms with Crippen LogP contribution in [-0.4, -0.2) is 31.5 Å². The summed E-state index contributed by atoms with van der Waals surface area (Å²) in [4.78, 5) is 5.06. The molecule has 0 unspecified atom stereocenters. The minimum atomic E-state index is -2.51. The third kappa shape index (κ3) is 3.72. The van der Waals surface area contributed by atoms with Crippen molar-refractivity contribution in [1.82, 2.24) is 4.98 Å². The zero-order valence-electron chi connectivity index (χ0n) is 21.3. The maximum absolute atomic E-state index is 5.06. The maximum atomic E-state index is 5.06. The Morgan fingerprint density at radius 3 is 2.24 bits per heavy atom. The van der Waals surface area contributed by atoms with Crippen LogP contribution in [0.2, 0.25) is 28.8 Å². The van der Waals surface area contributed by atoms with E-state index in [2.05, 4.69) is 110 Å². The van der Waals surface area contributed by atoms with Gasteiger partial charge >= 0.3 is 205 Å². The summed E-state index contributed by atoms with van der Waals surface area (Å²) in [6, 6.07) is 23.3. The molecule has 3 heteroatoms. The van der Waals surface area contributed by atoms with Crippen LogP contribution in [0.1, 0.15) is 26.3 Å². The number of rotatable bonds is 2. The van der Waals surface area contributed by atoms with Crippen LogP contribution in [0, 0.1) is 0 Å². The topological polar surface area (TPSA) is 12.9 Å². The summed E-state index contributed by atoms with van der Waals surface area (Å²) in [6.07, 6.45) is 2.03. The molecule has 3 aromatic carbocycles. The first kappa shape index (κ1) is 22.9. The number of hydrogen-bond donors (Lipinski definition) is 0. The van der Waals surface area contributed by atoms with Gasteiger partial charge in [-0.15, -0.1) is 0 Å². The van der Waals surface area contributed by atoms with Crippen molar-refractivity contribution in [2.24, 2.45) is 0 Å². The van der Waals surface area contributed by atoms with Crippen molar-refractivity contribution in [1.29, 1.82) is 0 Å². The summed E-state index contributed by atoms with van der Waals surface area (Å²) < 4.78 is 4.82. The third-order valence-electron chi connectivity index (χ3n) is 7.37. The summed E-state index contributed by atoms with van der Waals surface area (Å²) in [5.74, 6) is 12.6. The Kier molecular flexibility index (Phi) is 5.27. The Bertz CT molecular complexity index is 1400. The number of pyridine rings is 1. The molecule has 0 saturated heterocycles. The van der Waals surface area contributed by atoms with E-state index in [4.69, 9.17) is 4.98 Å². The zero-order valence-corrected chi connectivity index (χ0v) is 25.5. The van der Waals surface area contributed by atoms with Crippen molar-refractivity contribution in [3.8, 4) is 22.4 Å². The van der Waals surface area contributed by atoms with Gasteiger partial charge in [0.25, 0.3) is 0 Å². The first-order valence-corrected chi connectivity index (χ1v) is 25.7. The fourth-order valence-electron chi connectivity index (χ4n) is 5.50. The molecule has 5 rings (SSSR count). The number of fused-ring (bicyclic) bond motifs is 4. The van der Waals surface area contributed by atoms with Gasteiger partial charge in [0.05, 0.1) is 0 Å². The zero-order chi connectivity index (χ0) is 23.8. The third-order valence-corrected chi connectivity index (χ3v) is 19.0. The van der Waals surface area contributed by atoms with Crippen LogP contribution in [0.15, 0.2) is 66.9 Å². The van der Waals surface area contributed by atoms with E-state index in [9.17, 15) is 0 Å². The Morgan fingerprint density at radius 1 is 0.818 bits per heavy atom. The van der Waals surface area contributed by atoms with Crippen molar-refractivity contribution in [3.05, 3.63) is 72.4 Å². The van der Waals surface area contributed by atoms with E-state index in [0.717, 1.165) is 0 Å². The summed E-state index contributed by atoms with van der Waals surface area (Å²) in [6.45, 7) is 6.95. The van der Waals surface area contributed by atoms with Crippen molar-refractivity contribution in [3.63, 3.8) is 0 Å².